The lowest BCUT2D eigenvalue weighted by atomic mass is 10.0. The Bertz CT molecular complexity index is 218. The molecule has 0 saturated carbocycles. The molecular weight excluding hydrogens is 188 g/mol. The highest BCUT2D eigenvalue weighted by atomic mass is 16.5. The molecule has 3 heteroatoms. The van der Waals surface area contributed by atoms with Gasteiger partial charge in [0.1, 0.15) is 0 Å². The fourth-order valence-corrected chi connectivity index (χ4v) is 2.71. The first kappa shape index (κ1) is 11.4. The molecular formula is C12H24N2O. The van der Waals surface area contributed by atoms with Gasteiger partial charge in [0.05, 0.1) is 12.2 Å². The Hall–Kier alpha value is -0.120. The van der Waals surface area contributed by atoms with Crippen molar-refractivity contribution in [3.8, 4) is 0 Å². The van der Waals surface area contributed by atoms with Crippen molar-refractivity contribution in [1.29, 1.82) is 0 Å². The van der Waals surface area contributed by atoms with Gasteiger partial charge in [-0.15, -0.1) is 0 Å². The third kappa shape index (κ3) is 3.16. The summed E-state index contributed by atoms with van der Waals surface area (Å²) in [6, 6.07) is 0. The number of hydrogen-bond donors (Lipinski definition) is 1. The number of hydrogen-bond acceptors (Lipinski definition) is 3. The zero-order valence-electron chi connectivity index (χ0n) is 10.3. The molecule has 88 valence electrons. The van der Waals surface area contributed by atoms with E-state index in [9.17, 15) is 0 Å². The summed E-state index contributed by atoms with van der Waals surface area (Å²) in [6.45, 7) is 11.3. The highest BCUT2D eigenvalue weighted by Gasteiger charge is 2.29. The first-order chi connectivity index (χ1) is 7.05. The van der Waals surface area contributed by atoms with E-state index in [0.717, 1.165) is 26.2 Å². The van der Waals surface area contributed by atoms with E-state index in [0.29, 0.717) is 12.2 Å². The van der Waals surface area contributed by atoms with Crippen molar-refractivity contribution in [2.45, 2.75) is 51.4 Å². The molecule has 2 unspecified atom stereocenters. The second-order valence-electron chi connectivity index (χ2n) is 5.69. The third-order valence-electron chi connectivity index (χ3n) is 3.43. The van der Waals surface area contributed by atoms with Crippen LogP contribution in [-0.4, -0.2) is 48.8 Å². The molecule has 0 aliphatic carbocycles. The van der Waals surface area contributed by atoms with Crippen LogP contribution in [0.15, 0.2) is 0 Å². The topological polar surface area (TPSA) is 24.5 Å². The molecule has 0 aromatic rings. The van der Waals surface area contributed by atoms with Crippen LogP contribution in [0.2, 0.25) is 0 Å². The number of nitrogens with zero attached hydrogens (tertiary/aromatic N) is 1. The van der Waals surface area contributed by atoms with E-state index in [1.54, 1.807) is 0 Å². The average Bonchev–Trinajstić information content (AvgIpc) is 2.49. The number of ether oxygens (including phenoxy) is 1. The second kappa shape index (κ2) is 4.40. The molecule has 0 aromatic heterocycles. The fraction of sp³-hybridized carbons (Fsp3) is 1.00. The summed E-state index contributed by atoms with van der Waals surface area (Å²) in [5.74, 6) is 0. The van der Waals surface area contributed by atoms with Crippen molar-refractivity contribution in [3.63, 3.8) is 0 Å². The van der Waals surface area contributed by atoms with Crippen molar-refractivity contribution >= 4 is 0 Å². The molecule has 0 spiro atoms. The standard InChI is InChI=1S/C12H24N2O/c1-10-4-5-11(15-10)8-14-7-6-13-12(2,3)9-14/h10-11,13H,4-9H2,1-3H3. The van der Waals surface area contributed by atoms with Gasteiger partial charge in [0.25, 0.3) is 0 Å². The molecule has 2 atom stereocenters. The maximum Gasteiger partial charge on any atom is 0.0706 e. The monoisotopic (exact) mass is 212 g/mol. The van der Waals surface area contributed by atoms with Gasteiger partial charge in [0.2, 0.25) is 0 Å². The molecule has 2 rings (SSSR count). The van der Waals surface area contributed by atoms with E-state index in [1.165, 1.54) is 12.8 Å². The van der Waals surface area contributed by atoms with Gasteiger partial charge in [-0.25, -0.2) is 0 Å². The molecule has 2 saturated heterocycles. The smallest absolute Gasteiger partial charge is 0.0706 e. The minimum atomic E-state index is 0.266. The predicted molar refractivity (Wildman–Crippen MR) is 62.1 cm³/mol. The van der Waals surface area contributed by atoms with Crippen molar-refractivity contribution in [2.75, 3.05) is 26.2 Å². The van der Waals surface area contributed by atoms with Gasteiger partial charge in [-0.2, -0.15) is 0 Å². The molecule has 1 N–H and O–H groups in total. The van der Waals surface area contributed by atoms with Crippen LogP contribution in [0.3, 0.4) is 0 Å². The van der Waals surface area contributed by atoms with Gasteiger partial charge in [0, 0.05) is 31.7 Å². The van der Waals surface area contributed by atoms with Gasteiger partial charge >= 0.3 is 0 Å². The van der Waals surface area contributed by atoms with Gasteiger partial charge < -0.3 is 10.1 Å². The largest absolute Gasteiger partial charge is 0.374 e. The SMILES string of the molecule is CC1CCC(CN2CCNC(C)(C)C2)O1. The van der Waals surface area contributed by atoms with Crippen molar-refractivity contribution in [2.24, 2.45) is 0 Å². The Morgan fingerprint density at radius 3 is 2.80 bits per heavy atom. The molecule has 2 fully saturated rings. The normalized spacial score (nSPS) is 37.0. The first-order valence-corrected chi connectivity index (χ1v) is 6.18. The second-order valence-corrected chi connectivity index (χ2v) is 5.69. The minimum Gasteiger partial charge on any atom is -0.374 e. The summed E-state index contributed by atoms with van der Waals surface area (Å²) in [5.41, 5.74) is 0.266. The molecule has 0 bridgehead atoms. The van der Waals surface area contributed by atoms with E-state index in [4.69, 9.17) is 4.74 Å². The lowest BCUT2D eigenvalue weighted by molar-refractivity contribution is 0.0201. The van der Waals surface area contributed by atoms with Crippen LogP contribution in [0.25, 0.3) is 0 Å². The summed E-state index contributed by atoms with van der Waals surface area (Å²) >= 11 is 0. The maximum absolute atomic E-state index is 5.87. The molecule has 0 aromatic carbocycles. The molecule has 15 heavy (non-hydrogen) atoms. The van der Waals surface area contributed by atoms with E-state index in [2.05, 4.69) is 31.0 Å². The Morgan fingerprint density at radius 1 is 1.40 bits per heavy atom. The molecule has 2 aliphatic rings. The highest BCUT2D eigenvalue weighted by molar-refractivity contribution is 4.88. The molecule has 2 heterocycles. The van der Waals surface area contributed by atoms with Crippen molar-refractivity contribution in [1.82, 2.24) is 10.2 Å². The van der Waals surface area contributed by atoms with Crippen LogP contribution < -0.4 is 5.32 Å². The summed E-state index contributed by atoms with van der Waals surface area (Å²) in [6.07, 6.45) is 3.44. The molecule has 0 radical (unpaired) electrons. The zero-order chi connectivity index (χ0) is 10.9. The van der Waals surface area contributed by atoms with Crippen LogP contribution in [0, 0.1) is 0 Å². The maximum atomic E-state index is 5.87. The molecule has 0 amide bonds. The van der Waals surface area contributed by atoms with Crippen LogP contribution in [0.4, 0.5) is 0 Å². The lowest BCUT2D eigenvalue weighted by Crippen LogP contribution is -2.58. The van der Waals surface area contributed by atoms with Gasteiger partial charge in [-0.1, -0.05) is 0 Å². The van der Waals surface area contributed by atoms with Gasteiger partial charge in [-0.3, -0.25) is 4.90 Å². The Kier molecular flexibility index (Phi) is 3.33. The van der Waals surface area contributed by atoms with Crippen LogP contribution in [-0.2, 0) is 4.74 Å². The molecule has 3 nitrogen and oxygen atoms in total. The number of nitrogens with one attached hydrogen (secondary N) is 1. The van der Waals surface area contributed by atoms with Crippen molar-refractivity contribution < 1.29 is 4.74 Å². The van der Waals surface area contributed by atoms with Crippen molar-refractivity contribution in [3.05, 3.63) is 0 Å². The highest BCUT2D eigenvalue weighted by Crippen LogP contribution is 2.21. The lowest BCUT2D eigenvalue weighted by Gasteiger charge is -2.40. The minimum absolute atomic E-state index is 0.266. The predicted octanol–water partition coefficient (Wildman–Crippen LogP) is 1.24. The Balaban J connectivity index is 1.79. The van der Waals surface area contributed by atoms with E-state index < -0.39 is 0 Å². The zero-order valence-corrected chi connectivity index (χ0v) is 10.3. The van der Waals surface area contributed by atoms with Gasteiger partial charge in [0.15, 0.2) is 0 Å². The van der Waals surface area contributed by atoms with Crippen LogP contribution in [0.1, 0.15) is 33.6 Å². The number of piperazine rings is 1. The third-order valence-corrected chi connectivity index (χ3v) is 3.43. The summed E-state index contributed by atoms with van der Waals surface area (Å²) in [5, 5.41) is 3.54. The summed E-state index contributed by atoms with van der Waals surface area (Å²) in [7, 11) is 0. The van der Waals surface area contributed by atoms with Gasteiger partial charge in [-0.05, 0) is 33.6 Å². The quantitative estimate of drug-likeness (QED) is 0.745. The average molecular weight is 212 g/mol. The first-order valence-electron chi connectivity index (χ1n) is 6.18. The Labute approximate surface area is 93.2 Å². The van der Waals surface area contributed by atoms with Crippen LogP contribution in [0.5, 0.6) is 0 Å². The number of rotatable bonds is 2. The van der Waals surface area contributed by atoms with E-state index in [1.807, 2.05) is 0 Å². The van der Waals surface area contributed by atoms with E-state index in [-0.39, 0.29) is 5.54 Å². The van der Waals surface area contributed by atoms with Crippen LogP contribution >= 0.6 is 0 Å². The Morgan fingerprint density at radius 2 is 2.20 bits per heavy atom. The summed E-state index contributed by atoms with van der Waals surface area (Å²) in [4.78, 5) is 2.54. The molecule has 2 aliphatic heterocycles. The fourth-order valence-electron chi connectivity index (χ4n) is 2.71. The summed E-state index contributed by atoms with van der Waals surface area (Å²) < 4.78 is 5.87. The van der Waals surface area contributed by atoms with E-state index >= 15 is 0 Å².